The van der Waals surface area contributed by atoms with E-state index < -0.39 is 5.91 Å². The maximum absolute atomic E-state index is 10.9. The Morgan fingerprint density at radius 2 is 2.36 bits per heavy atom. The van der Waals surface area contributed by atoms with Crippen LogP contribution in [0.15, 0.2) is 16.4 Å². The second kappa shape index (κ2) is 3.69. The molecule has 0 unspecified atom stereocenters. The Balaban J connectivity index is 3.60. The van der Waals surface area contributed by atoms with Gasteiger partial charge in [-0.2, -0.15) is 15.3 Å². The van der Waals surface area contributed by atoms with Gasteiger partial charge < -0.3 is 11.6 Å². The van der Waals surface area contributed by atoms with Gasteiger partial charge in [0.15, 0.2) is 5.49 Å². The number of rotatable bonds is 2. The summed E-state index contributed by atoms with van der Waals surface area (Å²) in [5.74, 6) is 4.53. The summed E-state index contributed by atoms with van der Waals surface area (Å²) in [6.07, 6.45) is 1.29. The molecule has 0 saturated carbocycles. The van der Waals surface area contributed by atoms with Crippen LogP contribution in [0.5, 0.6) is 0 Å². The van der Waals surface area contributed by atoms with Gasteiger partial charge in [0, 0.05) is 12.3 Å². The van der Waals surface area contributed by atoms with Crippen LogP contribution < -0.4 is 17.1 Å². The van der Waals surface area contributed by atoms with Crippen molar-refractivity contribution in [3.63, 3.8) is 0 Å². The largest absolute Gasteiger partial charge is 0.366 e. The second-order valence-corrected chi connectivity index (χ2v) is 2.53. The summed E-state index contributed by atoms with van der Waals surface area (Å²) in [6.45, 7) is 4.92. The van der Waals surface area contributed by atoms with E-state index in [1.54, 1.807) is 6.92 Å². The highest BCUT2D eigenvalue weighted by Gasteiger charge is 2.09. The van der Waals surface area contributed by atoms with Crippen LogP contribution >= 0.6 is 0 Å². The monoisotopic (exact) mass is 194 g/mol. The first-order valence-corrected chi connectivity index (χ1v) is 3.71. The van der Waals surface area contributed by atoms with Gasteiger partial charge in [-0.3, -0.25) is 4.79 Å². The Labute approximate surface area is 79.7 Å². The number of nitrogens with two attached hydrogens (primary N) is 2. The lowest BCUT2D eigenvalue weighted by atomic mass is 10.2. The Hall–Kier alpha value is -2.18. The summed E-state index contributed by atoms with van der Waals surface area (Å²) in [5.41, 5.74) is 6.13. The number of hydrogen-bond acceptors (Lipinski definition) is 5. The third-order valence-electron chi connectivity index (χ3n) is 1.75. The smallest absolute Gasteiger partial charge is 0.250 e. The van der Waals surface area contributed by atoms with Crippen molar-refractivity contribution < 1.29 is 4.79 Å². The van der Waals surface area contributed by atoms with Gasteiger partial charge in [0.2, 0.25) is 0 Å². The van der Waals surface area contributed by atoms with Crippen molar-refractivity contribution in [1.29, 1.82) is 0 Å². The van der Waals surface area contributed by atoms with E-state index in [0.29, 0.717) is 5.56 Å². The van der Waals surface area contributed by atoms with Crippen molar-refractivity contribution >= 4 is 12.6 Å². The van der Waals surface area contributed by atoms with E-state index in [-0.39, 0.29) is 11.1 Å². The minimum atomic E-state index is -0.587. The van der Waals surface area contributed by atoms with Gasteiger partial charge in [-0.05, 0) is 6.92 Å². The van der Waals surface area contributed by atoms with E-state index in [1.807, 2.05) is 0 Å². The highest BCUT2D eigenvalue weighted by atomic mass is 16.1. The Bertz CT molecular complexity index is 446. The van der Waals surface area contributed by atoms with E-state index in [0.717, 1.165) is 4.79 Å². The molecular formula is C7H10N6O. The Morgan fingerprint density at radius 3 is 2.79 bits per heavy atom. The molecule has 0 atom stereocenters. The summed E-state index contributed by atoms with van der Waals surface area (Å²) in [4.78, 5) is 12.0. The molecule has 1 aromatic heterocycles. The van der Waals surface area contributed by atoms with Crippen LogP contribution in [0.2, 0.25) is 0 Å². The minimum Gasteiger partial charge on any atom is -0.366 e. The molecule has 0 fully saturated rings. The van der Waals surface area contributed by atoms with Gasteiger partial charge in [0.05, 0.1) is 11.8 Å². The zero-order valence-electron chi connectivity index (χ0n) is 7.64. The van der Waals surface area contributed by atoms with Gasteiger partial charge in [-0.15, -0.1) is 4.79 Å². The van der Waals surface area contributed by atoms with Gasteiger partial charge in [0.25, 0.3) is 5.91 Å². The van der Waals surface area contributed by atoms with Gasteiger partial charge in [-0.25, -0.2) is 0 Å². The molecule has 0 bridgehead atoms. The highest BCUT2D eigenvalue weighted by Crippen LogP contribution is 1.98. The molecule has 74 valence electrons. The van der Waals surface area contributed by atoms with Crippen molar-refractivity contribution in [3.8, 4) is 0 Å². The number of carbonyl (C=O) groups excluding carboxylic acids is 1. The Kier molecular flexibility index (Phi) is 2.61. The second-order valence-electron chi connectivity index (χ2n) is 2.53. The van der Waals surface area contributed by atoms with Crippen LogP contribution in [0, 0.1) is 6.92 Å². The van der Waals surface area contributed by atoms with Gasteiger partial charge >= 0.3 is 0 Å². The van der Waals surface area contributed by atoms with Crippen LogP contribution in [0.25, 0.3) is 0 Å². The molecule has 4 N–H and O–H groups in total. The molecule has 0 aliphatic rings. The number of nitrogens with zero attached hydrogens (tertiary/aromatic N) is 4. The maximum Gasteiger partial charge on any atom is 0.250 e. The third-order valence-corrected chi connectivity index (χ3v) is 1.75. The van der Waals surface area contributed by atoms with Crippen molar-refractivity contribution in [3.05, 3.63) is 22.8 Å². The van der Waals surface area contributed by atoms with E-state index in [1.165, 1.54) is 6.20 Å². The van der Waals surface area contributed by atoms with Crippen molar-refractivity contribution in [1.82, 2.24) is 9.89 Å². The number of primary amides is 1. The lowest BCUT2D eigenvalue weighted by Crippen LogP contribution is -2.28. The van der Waals surface area contributed by atoms with Gasteiger partial charge in [0.1, 0.15) is 0 Å². The van der Waals surface area contributed by atoms with Crippen molar-refractivity contribution in [2.24, 2.45) is 21.8 Å². The predicted molar refractivity (Wildman–Crippen MR) is 50.2 cm³/mol. The molecule has 1 aromatic rings. The van der Waals surface area contributed by atoms with Gasteiger partial charge in [-0.1, -0.05) is 0 Å². The fourth-order valence-corrected chi connectivity index (χ4v) is 1.03. The van der Waals surface area contributed by atoms with Crippen LogP contribution in [-0.4, -0.2) is 22.5 Å². The predicted octanol–water partition coefficient (Wildman–Crippen LogP) is -1.47. The number of aromatic nitrogens is 2. The lowest BCUT2D eigenvalue weighted by molar-refractivity contribution is 0.0999. The first-order chi connectivity index (χ1) is 6.61. The quantitative estimate of drug-likeness (QED) is 0.340. The first kappa shape index (κ1) is 9.90. The zero-order valence-corrected chi connectivity index (χ0v) is 7.64. The molecule has 1 rings (SSSR count). The van der Waals surface area contributed by atoms with E-state index >= 15 is 0 Å². The number of hydrogen-bond donors (Lipinski definition) is 2. The molecule has 7 nitrogen and oxygen atoms in total. The number of amides is 1. The van der Waals surface area contributed by atoms with Crippen LogP contribution in [-0.2, 0) is 0 Å². The fraction of sp³-hybridized carbons (Fsp3) is 0.143. The molecule has 0 aromatic carbocycles. The molecule has 0 saturated heterocycles. The summed E-state index contributed by atoms with van der Waals surface area (Å²) in [7, 11) is 0. The van der Waals surface area contributed by atoms with Crippen LogP contribution in [0.4, 0.5) is 0 Å². The summed E-state index contributed by atoms with van der Waals surface area (Å²) < 4.78 is 0. The molecule has 0 spiro atoms. The molecule has 1 amide bonds. The average Bonchev–Trinajstić information content (AvgIpc) is 2.16. The van der Waals surface area contributed by atoms with E-state index in [9.17, 15) is 4.79 Å². The normalized spacial score (nSPS) is 11.4. The Morgan fingerprint density at radius 1 is 1.71 bits per heavy atom. The average molecular weight is 194 g/mol. The molecule has 0 aliphatic carbocycles. The molecule has 7 heteroatoms. The third kappa shape index (κ3) is 1.47. The SMILES string of the molecule is C=Nn1ncc(C(N)=O)c(C)/c1=N/N. The number of carbonyl (C=O) groups is 1. The van der Waals surface area contributed by atoms with Crippen molar-refractivity contribution in [2.75, 3.05) is 0 Å². The van der Waals surface area contributed by atoms with E-state index in [4.69, 9.17) is 11.6 Å². The van der Waals surface area contributed by atoms with E-state index in [2.05, 4.69) is 22.0 Å². The first-order valence-electron chi connectivity index (χ1n) is 3.71. The molecule has 1 heterocycles. The molecule has 0 radical (unpaired) electrons. The molecular weight excluding hydrogens is 184 g/mol. The molecule has 14 heavy (non-hydrogen) atoms. The topological polar surface area (TPSA) is 112 Å². The summed E-state index contributed by atoms with van der Waals surface area (Å²) in [5, 5.41) is 10.7. The zero-order chi connectivity index (χ0) is 10.7. The summed E-state index contributed by atoms with van der Waals surface area (Å²) >= 11 is 0. The standard InChI is InChI=1S/C7H10N6O/c1-4-5(6(8)14)3-11-13(10-2)7(4)12-9/h3H,2,9H2,1H3,(H2,8,14)/b12-7-. The van der Waals surface area contributed by atoms with Crippen LogP contribution in [0.3, 0.4) is 0 Å². The summed E-state index contributed by atoms with van der Waals surface area (Å²) in [6, 6.07) is 0. The van der Waals surface area contributed by atoms with Crippen LogP contribution in [0.1, 0.15) is 15.9 Å². The fourth-order valence-electron chi connectivity index (χ4n) is 1.03. The molecule has 0 aliphatic heterocycles. The maximum atomic E-state index is 10.9. The highest BCUT2D eigenvalue weighted by molar-refractivity contribution is 5.93. The minimum absolute atomic E-state index is 0.247. The van der Waals surface area contributed by atoms with Crippen molar-refractivity contribution in [2.45, 2.75) is 6.92 Å². The lowest BCUT2D eigenvalue weighted by Gasteiger charge is -2.03.